The number of hydrogen-bond donors (Lipinski definition) is 2. The zero-order valence-corrected chi connectivity index (χ0v) is 18.0. The summed E-state index contributed by atoms with van der Waals surface area (Å²) < 4.78 is 5.20. The molecule has 4 rings (SSSR count). The Labute approximate surface area is 181 Å². The van der Waals surface area contributed by atoms with Crippen molar-refractivity contribution in [3.8, 4) is 5.75 Å². The Hall–Kier alpha value is -3.41. The largest absolute Gasteiger partial charge is 0.497 e. The summed E-state index contributed by atoms with van der Waals surface area (Å²) in [6.45, 7) is 3.92. The lowest BCUT2D eigenvalue weighted by molar-refractivity contribution is -0.129. The highest BCUT2D eigenvalue weighted by molar-refractivity contribution is 6.09. The van der Waals surface area contributed by atoms with Crippen molar-refractivity contribution in [2.24, 2.45) is 5.92 Å². The Morgan fingerprint density at radius 1 is 1.00 bits per heavy atom. The van der Waals surface area contributed by atoms with Crippen molar-refractivity contribution in [1.29, 1.82) is 0 Å². The fraction of sp³-hybridized carbons (Fsp3) is 0.320. The third-order valence-electron chi connectivity index (χ3n) is 5.93. The Morgan fingerprint density at radius 2 is 1.68 bits per heavy atom. The third kappa shape index (κ3) is 4.38. The molecule has 2 aromatic rings. The van der Waals surface area contributed by atoms with Crippen molar-refractivity contribution in [3.63, 3.8) is 0 Å². The normalized spacial score (nSPS) is 20.7. The van der Waals surface area contributed by atoms with Gasteiger partial charge in [-0.2, -0.15) is 0 Å². The van der Waals surface area contributed by atoms with Crippen LogP contribution in [0.2, 0.25) is 0 Å². The Balaban J connectivity index is 1.59. The number of benzene rings is 2. The van der Waals surface area contributed by atoms with Gasteiger partial charge in [0.15, 0.2) is 5.78 Å². The molecule has 0 unspecified atom stereocenters. The number of rotatable bonds is 4. The van der Waals surface area contributed by atoms with Crippen molar-refractivity contribution >= 4 is 23.3 Å². The van der Waals surface area contributed by atoms with Gasteiger partial charge in [-0.05, 0) is 67.1 Å². The summed E-state index contributed by atoms with van der Waals surface area (Å²) in [4.78, 5) is 38.5. The van der Waals surface area contributed by atoms with Gasteiger partial charge in [0.05, 0.1) is 13.0 Å². The number of allylic oxidation sites excluding steroid dienone is 1. The lowest BCUT2D eigenvalue weighted by Crippen LogP contribution is -2.43. The molecule has 2 amide bonds. The average Bonchev–Trinajstić information content (AvgIpc) is 2.72. The molecule has 0 radical (unpaired) electrons. The standard InChI is InChI=1S/C25H26N2O4/c1-14-8-15(2)10-18(9-14)26-25(30)20-13-23(29)27-21-11-17(12-22(28)24(20)21)16-4-6-19(31-3)7-5-16/h4-10,17,20H,11-13H2,1-3H3,(H,26,30)(H,27,29)/t17-,20+/m0/s1. The molecule has 0 aromatic heterocycles. The van der Waals surface area contributed by atoms with Gasteiger partial charge in [-0.1, -0.05) is 18.2 Å². The molecule has 2 aromatic carbocycles. The van der Waals surface area contributed by atoms with Gasteiger partial charge in [-0.25, -0.2) is 0 Å². The van der Waals surface area contributed by atoms with E-state index in [2.05, 4.69) is 10.6 Å². The van der Waals surface area contributed by atoms with Crippen LogP contribution in [0.1, 0.15) is 41.9 Å². The molecule has 0 saturated carbocycles. The van der Waals surface area contributed by atoms with Crippen LogP contribution in [0.25, 0.3) is 0 Å². The van der Waals surface area contributed by atoms with E-state index in [4.69, 9.17) is 4.74 Å². The fourth-order valence-corrected chi connectivity index (χ4v) is 4.57. The smallest absolute Gasteiger partial charge is 0.232 e. The SMILES string of the molecule is COc1ccc([C@@H]2CC(=O)C3=C(C2)NC(=O)C[C@H]3C(=O)Nc2cc(C)cc(C)c2)cc1. The fourth-order valence-electron chi connectivity index (χ4n) is 4.57. The first-order valence-corrected chi connectivity index (χ1v) is 10.4. The van der Waals surface area contributed by atoms with Gasteiger partial charge in [0, 0.05) is 29.8 Å². The molecule has 1 heterocycles. The topological polar surface area (TPSA) is 84.5 Å². The van der Waals surface area contributed by atoms with E-state index in [9.17, 15) is 14.4 Å². The molecule has 6 heteroatoms. The molecule has 0 fully saturated rings. The van der Waals surface area contributed by atoms with Gasteiger partial charge in [0.1, 0.15) is 5.75 Å². The van der Waals surface area contributed by atoms with Crippen LogP contribution in [0, 0.1) is 19.8 Å². The quantitative estimate of drug-likeness (QED) is 0.791. The summed E-state index contributed by atoms with van der Waals surface area (Å²) in [6, 6.07) is 13.4. The van der Waals surface area contributed by atoms with Crippen LogP contribution in [-0.4, -0.2) is 24.7 Å². The van der Waals surface area contributed by atoms with Crippen LogP contribution in [0.3, 0.4) is 0 Å². The number of Topliss-reactive ketones (excluding diaryl/α,β-unsaturated/α-hetero) is 1. The van der Waals surface area contributed by atoms with E-state index >= 15 is 0 Å². The number of carbonyl (C=O) groups is 3. The summed E-state index contributed by atoms with van der Waals surface area (Å²) in [5, 5.41) is 5.76. The van der Waals surface area contributed by atoms with E-state index in [0.717, 1.165) is 22.4 Å². The summed E-state index contributed by atoms with van der Waals surface area (Å²) in [6.07, 6.45) is 0.815. The monoisotopic (exact) mass is 418 g/mol. The third-order valence-corrected chi connectivity index (χ3v) is 5.93. The maximum atomic E-state index is 13.1. The predicted octanol–water partition coefficient (Wildman–Crippen LogP) is 3.79. The van der Waals surface area contributed by atoms with E-state index in [1.54, 1.807) is 7.11 Å². The molecule has 6 nitrogen and oxygen atoms in total. The van der Waals surface area contributed by atoms with Crippen LogP contribution in [-0.2, 0) is 14.4 Å². The second kappa shape index (κ2) is 8.38. The second-order valence-electron chi connectivity index (χ2n) is 8.36. The molecule has 0 saturated heterocycles. The molecule has 2 aliphatic rings. The number of anilines is 1. The van der Waals surface area contributed by atoms with Gasteiger partial charge in [0.2, 0.25) is 11.8 Å². The molecule has 2 atom stereocenters. The first kappa shape index (κ1) is 20.8. The maximum Gasteiger partial charge on any atom is 0.232 e. The highest BCUT2D eigenvalue weighted by Crippen LogP contribution is 2.39. The van der Waals surface area contributed by atoms with Crippen LogP contribution >= 0.6 is 0 Å². The zero-order valence-electron chi connectivity index (χ0n) is 18.0. The lowest BCUT2D eigenvalue weighted by Gasteiger charge is -2.33. The minimum absolute atomic E-state index is 0.0194. The zero-order chi connectivity index (χ0) is 22.1. The Bertz CT molecular complexity index is 1060. The molecule has 0 spiro atoms. The van der Waals surface area contributed by atoms with Gasteiger partial charge in [-0.15, -0.1) is 0 Å². The Kier molecular flexibility index (Phi) is 5.63. The number of amides is 2. The highest BCUT2D eigenvalue weighted by Gasteiger charge is 2.40. The number of aryl methyl sites for hydroxylation is 2. The van der Waals surface area contributed by atoms with E-state index in [1.165, 1.54) is 0 Å². The second-order valence-corrected chi connectivity index (χ2v) is 8.36. The minimum atomic E-state index is -0.770. The van der Waals surface area contributed by atoms with Crippen molar-refractivity contribution < 1.29 is 19.1 Å². The molecule has 1 aliphatic heterocycles. The molecule has 0 bridgehead atoms. The van der Waals surface area contributed by atoms with Crippen LogP contribution in [0.5, 0.6) is 5.75 Å². The van der Waals surface area contributed by atoms with Crippen LogP contribution < -0.4 is 15.4 Å². The molecular formula is C25H26N2O4. The van der Waals surface area contributed by atoms with Crippen molar-refractivity contribution in [3.05, 3.63) is 70.4 Å². The van der Waals surface area contributed by atoms with E-state index in [0.29, 0.717) is 29.8 Å². The number of methoxy groups -OCH3 is 1. The number of ketones is 1. The summed E-state index contributed by atoms with van der Waals surface area (Å²) in [5.41, 5.74) is 4.78. The number of carbonyl (C=O) groups excluding carboxylic acids is 3. The molecule has 1 aliphatic carbocycles. The maximum absolute atomic E-state index is 13.1. The van der Waals surface area contributed by atoms with Crippen molar-refractivity contribution in [1.82, 2.24) is 5.32 Å². The van der Waals surface area contributed by atoms with Gasteiger partial charge >= 0.3 is 0 Å². The molecular weight excluding hydrogens is 392 g/mol. The van der Waals surface area contributed by atoms with Gasteiger partial charge < -0.3 is 15.4 Å². The van der Waals surface area contributed by atoms with Gasteiger partial charge in [-0.3, -0.25) is 14.4 Å². The first-order valence-electron chi connectivity index (χ1n) is 10.4. The summed E-state index contributed by atoms with van der Waals surface area (Å²) in [7, 11) is 1.61. The van der Waals surface area contributed by atoms with E-state index in [-0.39, 0.29) is 29.9 Å². The van der Waals surface area contributed by atoms with Crippen LogP contribution in [0.4, 0.5) is 5.69 Å². The molecule has 2 N–H and O–H groups in total. The van der Waals surface area contributed by atoms with Crippen molar-refractivity contribution in [2.45, 2.75) is 39.0 Å². The average molecular weight is 418 g/mol. The first-order chi connectivity index (χ1) is 14.8. The summed E-state index contributed by atoms with van der Waals surface area (Å²) in [5.74, 6) is -0.693. The number of hydrogen-bond acceptors (Lipinski definition) is 4. The predicted molar refractivity (Wildman–Crippen MR) is 118 cm³/mol. The number of nitrogens with one attached hydrogen (secondary N) is 2. The lowest BCUT2D eigenvalue weighted by atomic mass is 9.75. The highest BCUT2D eigenvalue weighted by atomic mass is 16.5. The van der Waals surface area contributed by atoms with Crippen molar-refractivity contribution in [2.75, 3.05) is 12.4 Å². The van der Waals surface area contributed by atoms with E-state index in [1.807, 2.05) is 56.3 Å². The van der Waals surface area contributed by atoms with Gasteiger partial charge in [0.25, 0.3) is 0 Å². The molecule has 31 heavy (non-hydrogen) atoms. The van der Waals surface area contributed by atoms with Crippen LogP contribution in [0.15, 0.2) is 53.7 Å². The number of ether oxygens (including phenoxy) is 1. The summed E-state index contributed by atoms with van der Waals surface area (Å²) >= 11 is 0. The molecule has 160 valence electrons. The minimum Gasteiger partial charge on any atom is -0.497 e. The Morgan fingerprint density at radius 3 is 2.32 bits per heavy atom. The van der Waals surface area contributed by atoms with E-state index < -0.39 is 5.92 Å².